The molecular weight excluding hydrogens is 781 g/mol. The lowest BCUT2D eigenvalue weighted by Crippen LogP contribution is -2.04. The summed E-state index contributed by atoms with van der Waals surface area (Å²) >= 11 is 0. The van der Waals surface area contributed by atoms with E-state index in [1.807, 2.05) is 54.6 Å². The fraction of sp³-hybridized carbons (Fsp3) is 0. The van der Waals surface area contributed by atoms with E-state index in [1.165, 1.54) is 0 Å². The molecular formula is C58H36N6. The number of rotatable bonds is 7. The van der Waals surface area contributed by atoms with Gasteiger partial charge in [-0.2, -0.15) is 5.26 Å². The monoisotopic (exact) mass is 816 g/mol. The number of hydrogen-bond acceptors (Lipinski definition) is 4. The molecule has 0 aliphatic heterocycles. The third-order valence-corrected chi connectivity index (χ3v) is 12.2. The van der Waals surface area contributed by atoms with Crippen molar-refractivity contribution in [2.24, 2.45) is 0 Å². The van der Waals surface area contributed by atoms with Gasteiger partial charge in [0.05, 0.1) is 39.4 Å². The molecule has 0 aliphatic carbocycles. The Hall–Kier alpha value is -8.92. The molecule has 0 fully saturated rings. The van der Waals surface area contributed by atoms with E-state index < -0.39 is 0 Å². The molecule has 12 aromatic rings. The number of benzene rings is 9. The Morgan fingerprint density at radius 3 is 1.44 bits per heavy atom. The van der Waals surface area contributed by atoms with Crippen LogP contribution in [0.15, 0.2) is 218 Å². The highest BCUT2D eigenvalue weighted by molar-refractivity contribution is 6.26. The van der Waals surface area contributed by atoms with Crippen LogP contribution >= 0.6 is 0 Å². The van der Waals surface area contributed by atoms with Crippen molar-refractivity contribution in [1.82, 2.24) is 24.1 Å². The minimum absolute atomic E-state index is 0.469. The Morgan fingerprint density at radius 2 is 0.844 bits per heavy atom. The number of para-hydroxylation sites is 3. The molecule has 64 heavy (non-hydrogen) atoms. The Bertz CT molecular complexity index is 3650. The molecule has 0 bridgehead atoms. The van der Waals surface area contributed by atoms with Crippen LogP contribution in [0.25, 0.3) is 111 Å². The van der Waals surface area contributed by atoms with E-state index in [-0.39, 0.29) is 0 Å². The third-order valence-electron chi connectivity index (χ3n) is 12.2. The van der Waals surface area contributed by atoms with Crippen LogP contribution in [-0.4, -0.2) is 24.1 Å². The lowest BCUT2D eigenvalue weighted by Gasteiger charge is -2.16. The Kier molecular flexibility index (Phi) is 8.77. The summed E-state index contributed by atoms with van der Waals surface area (Å²) < 4.78 is 4.69. The number of nitriles is 1. The van der Waals surface area contributed by atoms with Gasteiger partial charge in [-0.15, -0.1) is 0 Å². The van der Waals surface area contributed by atoms with Crippen molar-refractivity contribution < 1.29 is 0 Å². The van der Waals surface area contributed by atoms with E-state index in [2.05, 4.69) is 179 Å². The summed E-state index contributed by atoms with van der Waals surface area (Å²) in [5.41, 5.74) is 13.7. The molecule has 0 saturated carbocycles. The normalized spacial score (nSPS) is 11.4. The summed E-state index contributed by atoms with van der Waals surface area (Å²) in [5, 5.41) is 15.0. The highest BCUT2D eigenvalue weighted by Crippen LogP contribution is 2.43. The van der Waals surface area contributed by atoms with Gasteiger partial charge in [0, 0.05) is 43.9 Å². The minimum Gasteiger partial charge on any atom is -0.309 e. The van der Waals surface area contributed by atoms with Gasteiger partial charge in [-0.1, -0.05) is 170 Å². The van der Waals surface area contributed by atoms with Crippen molar-refractivity contribution in [1.29, 1.82) is 5.26 Å². The predicted octanol–water partition coefficient (Wildman–Crippen LogP) is 14.3. The number of aromatic nitrogens is 5. The molecule has 3 heterocycles. The van der Waals surface area contributed by atoms with Crippen molar-refractivity contribution in [2.45, 2.75) is 0 Å². The third kappa shape index (κ3) is 6.14. The Morgan fingerprint density at radius 1 is 0.359 bits per heavy atom. The molecule has 0 spiro atoms. The maximum atomic E-state index is 10.4. The van der Waals surface area contributed by atoms with Crippen LogP contribution < -0.4 is 0 Å². The first-order valence-electron chi connectivity index (χ1n) is 21.3. The van der Waals surface area contributed by atoms with Crippen molar-refractivity contribution in [3.05, 3.63) is 224 Å². The quantitative estimate of drug-likeness (QED) is 0.161. The first-order valence-corrected chi connectivity index (χ1v) is 21.3. The van der Waals surface area contributed by atoms with Crippen LogP contribution in [0.2, 0.25) is 0 Å². The number of nitrogens with zero attached hydrogens (tertiary/aromatic N) is 6. The average Bonchev–Trinajstić information content (AvgIpc) is 3.90. The van der Waals surface area contributed by atoms with Gasteiger partial charge in [0.15, 0.2) is 17.5 Å². The first kappa shape index (κ1) is 36.9. The van der Waals surface area contributed by atoms with Gasteiger partial charge in [0.25, 0.3) is 0 Å². The average molecular weight is 817 g/mol. The van der Waals surface area contributed by atoms with E-state index in [1.54, 1.807) is 0 Å². The molecule has 0 saturated heterocycles. The second-order valence-electron chi connectivity index (χ2n) is 15.9. The second kappa shape index (κ2) is 15.2. The van der Waals surface area contributed by atoms with Gasteiger partial charge in [-0.25, -0.2) is 15.0 Å². The fourth-order valence-electron chi connectivity index (χ4n) is 9.23. The zero-order valence-electron chi connectivity index (χ0n) is 34.5. The van der Waals surface area contributed by atoms with Crippen LogP contribution in [-0.2, 0) is 0 Å². The highest BCUT2D eigenvalue weighted by atomic mass is 15.1. The molecule has 0 radical (unpaired) electrons. The molecule has 9 aromatic carbocycles. The van der Waals surface area contributed by atoms with Gasteiger partial charge in [-0.05, 0) is 70.8 Å². The highest BCUT2D eigenvalue weighted by Gasteiger charge is 2.24. The van der Waals surface area contributed by atoms with Gasteiger partial charge in [0.1, 0.15) is 0 Å². The van der Waals surface area contributed by atoms with Gasteiger partial charge in [0.2, 0.25) is 0 Å². The summed E-state index contributed by atoms with van der Waals surface area (Å²) in [7, 11) is 0. The van der Waals surface area contributed by atoms with Gasteiger partial charge >= 0.3 is 0 Å². The lowest BCUT2D eigenvalue weighted by atomic mass is 10.0. The smallest absolute Gasteiger partial charge is 0.166 e. The summed E-state index contributed by atoms with van der Waals surface area (Å²) in [6.07, 6.45) is 0. The summed E-state index contributed by atoms with van der Waals surface area (Å²) in [6, 6.07) is 77.9. The van der Waals surface area contributed by atoms with E-state index in [0.717, 1.165) is 93.9 Å². The molecule has 12 rings (SSSR count). The van der Waals surface area contributed by atoms with Crippen LogP contribution in [0.3, 0.4) is 0 Å². The van der Waals surface area contributed by atoms with Crippen LogP contribution in [0, 0.1) is 11.3 Å². The predicted molar refractivity (Wildman–Crippen MR) is 260 cm³/mol. The Balaban J connectivity index is 1.12. The number of hydrogen-bond donors (Lipinski definition) is 0. The maximum absolute atomic E-state index is 10.4. The van der Waals surface area contributed by atoms with Crippen LogP contribution in [0.5, 0.6) is 0 Å². The van der Waals surface area contributed by atoms with Crippen LogP contribution in [0.4, 0.5) is 0 Å². The summed E-state index contributed by atoms with van der Waals surface area (Å²) in [6.45, 7) is 0. The van der Waals surface area contributed by atoms with E-state index in [4.69, 9.17) is 15.0 Å². The van der Waals surface area contributed by atoms with Crippen molar-refractivity contribution >= 4 is 43.6 Å². The molecule has 0 atom stereocenters. The second-order valence-corrected chi connectivity index (χ2v) is 15.9. The molecule has 0 unspecified atom stereocenters. The molecule has 6 heteroatoms. The lowest BCUT2D eigenvalue weighted by molar-refractivity contribution is 1.06. The molecule has 3 aromatic heterocycles. The topological polar surface area (TPSA) is 72.3 Å². The van der Waals surface area contributed by atoms with E-state index >= 15 is 0 Å². The summed E-state index contributed by atoms with van der Waals surface area (Å²) in [4.78, 5) is 15.7. The van der Waals surface area contributed by atoms with Crippen molar-refractivity contribution in [3.8, 4) is 73.9 Å². The number of fused-ring (bicyclic) bond motifs is 7. The molecule has 0 amide bonds. The fourth-order valence-corrected chi connectivity index (χ4v) is 9.23. The summed E-state index contributed by atoms with van der Waals surface area (Å²) in [5.74, 6) is 1.54. The Labute approximate surface area is 369 Å². The van der Waals surface area contributed by atoms with E-state index in [0.29, 0.717) is 23.0 Å². The maximum Gasteiger partial charge on any atom is 0.166 e. The standard InChI is InChI=1S/C58H36N6/c59-37-38-24-34-52(64-50-22-12-10-20-46(50)47-33-35-53-54(55(47)64)48-21-11-13-23-51(48)63(53)45-18-8-3-9-19-45)49(36-38)58-61-56(43-29-25-41(26-30-43)39-14-4-1-5-15-39)60-57(62-58)44-31-27-42(28-32-44)40-16-6-2-7-17-40/h1-36H. The largest absolute Gasteiger partial charge is 0.309 e. The minimum atomic E-state index is 0.469. The van der Waals surface area contributed by atoms with E-state index in [9.17, 15) is 5.26 Å². The van der Waals surface area contributed by atoms with Crippen molar-refractivity contribution in [3.63, 3.8) is 0 Å². The SMILES string of the molecule is N#Cc1ccc(-n2c3ccccc3c3ccc4c(c5ccccc5n4-c4ccccc4)c32)c(-c2nc(-c3ccc(-c4ccccc4)cc3)nc(-c3ccc(-c4ccccc4)cc3)n2)c1. The first-order chi connectivity index (χ1) is 31.7. The molecule has 0 N–H and O–H groups in total. The zero-order chi connectivity index (χ0) is 42.6. The zero-order valence-corrected chi connectivity index (χ0v) is 34.5. The van der Waals surface area contributed by atoms with Crippen LogP contribution in [0.1, 0.15) is 5.56 Å². The molecule has 0 aliphatic rings. The van der Waals surface area contributed by atoms with Gasteiger partial charge < -0.3 is 9.13 Å². The molecule has 6 nitrogen and oxygen atoms in total. The van der Waals surface area contributed by atoms with Gasteiger partial charge in [-0.3, -0.25) is 0 Å². The van der Waals surface area contributed by atoms with Crippen molar-refractivity contribution in [2.75, 3.05) is 0 Å². The molecule has 298 valence electrons.